The molecule has 0 aliphatic carbocycles. The molecule has 3 aromatic rings. The van der Waals surface area contributed by atoms with Crippen LogP contribution in [0.25, 0.3) is 0 Å². The number of hydrogen-bond acceptors (Lipinski definition) is 6. The zero-order chi connectivity index (χ0) is 34.3. The van der Waals surface area contributed by atoms with E-state index in [1.165, 1.54) is 0 Å². The topological polar surface area (TPSA) is 145 Å². The Morgan fingerprint density at radius 3 is 1.70 bits per heavy atom. The number of rotatable bonds is 19. The second kappa shape index (κ2) is 25.6. The minimum Gasteiger partial charge on any atom is -0.396 e. The summed E-state index contributed by atoms with van der Waals surface area (Å²) in [5.41, 5.74) is 3.84. The van der Waals surface area contributed by atoms with Gasteiger partial charge in [-0.2, -0.15) is 0 Å². The Hall–Kier alpha value is -2.43. The number of aliphatic hydroxyl groups excluding tert-OH is 2. The molecule has 47 heavy (non-hydrogen) atoms. The molecule has 0 aliphatic rings. The molecule has 0 saturated heterocycles. The van der Waals surface area contributed by atoms with Gasteiger partial charge in [-0.25, -0.2) is 4.79 Å². The molecule has 3 amide bonds. The monoisotopic (exact) mass is 907 g/mol. The zero-order valence-corrected chi connectivity index (χ0v) is 33.0. The predicted molar refractivity (Wildman–Crippen MR) is 192 cm³/mol. The summed E-state index contributed by atoms with van der Waals surface area (Å²) < 4.78 is 6.20. The van der Waals surface area contributed by atoms with E-state index in [4.69, 9.17) is 11.5 Å². The molecule has 2 unspecified atom stereocenters. The molecule has 0 aromatic heterocycles. The second-order valence-corrected chi connectivity index (χ2v) is 10.8. The standard InChI is InChI=1S/C35H43N3O6.H4P2.U/c39-22-6-2-1-4-8-32(41)24-26-9-17-30(18-10-26)37-34(43)29-15-13-28(14-16-29)33(42)25-27-11-19-31(20-12-27)38-35(44)36-21-5-3-7-23-40;1-2;/h9-20,39-40H,1-8,21-25H2,(H,37,43)(H2,36,38,44);1-2H2;/i;1T;. The van der Waals surface area contributed by atoms with Crippen molar-refractivity contribution in [1.29, 1.82) is 1.28 Å². The quantitative estimate of drug-likeness (QED) is 0.0539. The molecule has 3 rings (SSSR count). The summed E-state index contributed by atoms with van der Waals surface area (Å²) in [6.07, 6.45) is 6.92. The number of carbonyl (C=O) groups is 4. The summed E-state index contributed by atoms with van der Waals surface area (Å²) in [5, 5.41) is 26.0. The Labute approximate surface area is 307 Å². The summed E-state index contributed by atoms with van der Waals surface area (Å²) in [5.74, 6) is -0.210. The van der Waals surface area contributed by atoms with Crippen LogP contribution in [0.3, 0.4) is 0 Å². The summed E-state index contributed by atoms with van der Waals surface area (Å²) in [7, 11) is 2.52. The van der Waals surface area contributed by atoms with Gasteiger partial charge < -0.3 is 26.2 Å². The number of carbonyl (C=O) groups excluding carboxylic acids is 4. The van der Waals surface area contributed by atoms with Crippen LogP contribution in [0.5, 0.6) is 0 Å². The van der Waals surface area contributed by atoms with E-state index in [1.807, 2.05) is 12.1 Å². The van der Waals surface area contributed by atoms with Crippen LogP contribution < -0.4 is 16.0 Å². The Morgan fingerprint density at radius 1 is 0.638 bits per heavy atom. The van der Waals surface area contributed by atoms with Crippen LogP contribution >= 0.6 is 17.8 Å². The van der Waals surface area contributed by atoms with E-state index in [2.05, 4.69) is 24.9 Å². The first kappa shape index (κ1) is 40.7. The predicted octanol–water partition coefficient (Wildman–Crippen LogP) is 6.35. The smallest absolute Gasteiger partial charge is 0.319 e. The third-order valence-electron chi connectivity index (χ3n) is 7.14. The van der Waals surface area contributed by atoms with Crippen molar-refractivity contribution in [3.63, 3.8) is 0 Å². The molecule has 0 radical (unpaired) electrons. The van der Waals surface area contributed by atoms with Crippen molar-refractivity contribution >= 4 is 52.7 Å². The third kappa shape index (κ3) is 17.5. The number of benzene rings is 3. The van der Waals surface area contributed by atoms with Gasteiger partial charge in [0, 0.05) is 92.6 Å². The number of ketones is 2. The van der Waals surface area contributed by atoms with Crippen molar-refractivity contribution in [2.45, 2.75) is 64.2 Å². The van der Waals surface area contributed by atoms with Crippen LogP contribution in [0, 0.1) is 31.1 Å². The van der Waals surface area contributed by atoms with E-state index in [-0.39, 0.29) is 83.1 Å². The fourth-order valence-electron chi connectivity index (χ4n) is 4.60. The Bertz CT molecular complexity index is 1280. The molecular weight excluding hydrogens is 858 g/mol. The second-order valence-electron chi connectivity index (χ2n) is 10.8. The van der Waals surface area contributed by atoms with Crippen LogP contribution in [0.15, 0.2) is 72.8 Å². The van der Waals surface area contributed by atoms with Gasteiger partial charge in [0.05, 0.1) is 1.28 Å². The molecule has 0 aliphatic heterocycles. The van der Waals surface area contributed by atoms with E-state index in [0.717, 1.165) is 56.1 Å². The molecule has 252 valence electrons. The van der Waals surface area contributed by atoms with Gasteiger partial charge >= 0.3 is 6.03 Å². The van der Waals surface area contributed by atoms with Crippen molar-refractivity contribution in [3.8, 4) is 0 Å². The number of anilines is 2. The normalized spacial score (nSPS) is 10.7. The minimum absolute atomic E-state index is 0. The van der Waals surface area contributed by atoms with Gasteiger partial charge in [0.15, 0.2) is 5.78 Å². The van der Waals surface area contributed by atoms with Gasteiger partial charge in [0.1, 0.15) is 5.78 Å². The van der Waals surface area contributed by atoms with Gasteiger partial charge in [0.25, 0.3) is 5.91 Å². The molecule has 2 atom stereocenters. The molecule has 0 spiro atoms. The molecule has 9 nitrogen and oxygen atoms in total. The fourth-order valence-corrected chi connectivity index (χ4v) is 4.60. The SMILES string of the molecule is O=C(CCCCCCO)Cc1ccc(NC(=O)c2ccc(C(=O)Cc3ccc(NC(=O)NCCCCCO)cc3)cc2)cc1.[3H]PP.[U]. The van der Waals surface area contributed by atoms with Crippen LogP contribution in [0.2, 0.25) is 0 Å². The molecule has 0 fully saturated rings. The van der Waals surface area contributed by atoms with Crippen molar-refractivity contribution in [3.05, 3.63) is 95.1 Å². The maximum atomic E-state index is 12.8. The van der Waals surface area contributed by atoms with E-state index in [1.54, 1.807) is 60.7 Å². The number of unbranched alkanes of at least 4 members (excludes halogenated alkanes) is 5. The number of aliphatic hydroxyl groups is 2. The molecule has 0 saturated carbocycles. The third-order valence-corrected chi connectivity index (χ3v) is 7.14. The first-order valence-electron chi connectivity index (χ1n) is 16.1. The Morgan fingerprint density at radius 2 is 1.13 bits per heavy atom. The molecule has 12 heteroatoms. The fraction of sp³-hybridized carbons (Fsp3) is 0.371. The van der Waals surface area contributed by atoms with Gasteiger partial charge in [-0.05, 0) is 79.6 Å². The first-order chi connectivity index (χ1) is 22.8. The van der Waals surface area contributed by atoms with Gasteiger partial charge in [0.2, 0.25) is 0 Å². The average molecular weight is 908 g/mol. The number of amides is 3. The van der Waals surface area contributed by atoms with Crippen LogP contribution in [-0.2, 0) is 17.6 Å². The molecular formula is C35H47N3O6P2U. The zero-order valence-electron chi connectivity index (χ0n) is 27.7. The van der Waals surface area contributed by atoms with Gasteiger partial charge in [-0.3, -0.25) is 14.4 Å². The molecule has 3 aromatic carbocycles. The van der Waals surface area contributed by atoms with Crippen molar-refractivity contribution in [2.24, 2.45) is 0 Å². The van der Waals surface area contributed by atoms with E-state index >= 15 is 0 Å². The number of Topliss-reactive ketones (excluding diaryl/α,β-unsaturated/α-hetero) is 2. The first-order valence-corrected chi connectivity index (χ1v) is 17.9. The number of hydrogen-bond donors (Lipinski definition) is 5. The summed E-state index contributed by atoms with van der Waals surface area (Å²) >= 11 is 0. The van der Waals surface area contributed by atoms with Crippen LogP contribution in [0.1, 0.15) is 83.2 Å². The number of nitrogens with one attached hydrogen (secondary N) is 3. The van der Waals surface area contributed by atoms with E-state index in [9.17, 15) is 19.2 Å². The van der Waals surface area contributed by atoms with Gasteiger partial charge in [-0.1, -0.05) is 49.2 Å². The largest absolute Gasteiger partial charge is 0.396 e. The molecule has 5 N–H and O–H groups in total. The summed E-state index contributed by atoms with van der Waals surface area (Å²) in [4.78, 5) is 49.8. The Balaban J connectivity index is 0.00000277. The van der Waals surface area contributed by atoms with Gasteiger partial charge in [-0.15, -0.1) is 17.8 Å². The maximum Gasteiger partial charge on any atom is 0.319 e. The van der Waals surface area contributed by atoms with Crippen molar-refractivity contribution in [2.75, 3.05) is 30.4 Å². The number of urea groups is 1. The van der Waals surface area contributed by atoms with Crippen molar-refractivity contribution in [1.82, 2.24) is 5.32 Å². The van der Waals surface area contributed by atoms with Crippen LogP contribution in [0.4, 0.5) is 16.2 Å². The molecule has 0 bridgehead atoms. The average Bonchev–Trinajstić information content (AvgIpc) is 3.07. The van der Waals surface area contributed by atoms with Crippen LogP contribution in [-0.4, -0.2) is 54.8 Å². The summed E-state index contributed by atoms with van der Waals surface area (Å²) in [6.45, 7) is 0.876. The van der Waals surface area contributed by atoms with E-state index < -0.39 is 0 Å². The summed E-state index contributed by atoms with van der Waals surface area (Å²) in [6, 6.07) is 20.5. The van der Waals surface area contributed by atoms with E-state index in [0.29, 0.717) is 41.9 Å². The maximum absolute atomic E-state index is 12.8. The Kier molecular flexibility index (Phi) is 22.2. The minimum atomic E-state index is -0.302. The van der Waals surface area contributed by atoms with Crippen molar-refractivity contribution < 1.29 is 60.5 Å². The molecule has 0 heterocycles.